The van der Waals surface area contributed by atoms with Crippen LogP contribution in [0.1, 0.15) is 40.9 Å². The van der Waals surface area contributed by atoms with Gasteiger partial charge in [0, 0.05) is 39.9 Å². The molecule has 0 aliphatic carbocycles. The first kappa shape index (κ1) is 19.6. The number of hydrogen-bond donors (Lipinski definition) is 0. The Morgan fingerprint density at radius 3 is 2.13 bits per heavy atom. The molecule has 2 radical (unpaired) electrons. The van der Waals surface area contributed by atoms with E-state index in [2.05, 4.69) is 5.16 Å². The molecule has 0 unspecified atom stereocenters. The predicted molar refractivity (Wildman–Crippen MR) is 119 cm³/mol. The molecular formula is C24H19BN2O3. The summed E-state index contributed by atoms with van der Waals surface area (Å²) in [6, 6.07) is 18.8. The normalized spacial score (nSPS) is 11.8. The van der Waals surface area contributed by atoms with Gasteiger partial charge in [-0.3, -0.25) is 4.79 Å². The van der Waals surface area contributed by atoms with Gasteiger partial charge in [-0.15, -0.1) is 0 Å². The highest BCUT2D eigenvalue weighted by Crippen LogP contribution is 2.30. The lowest BCUT2D eigenvalue weighted by Crippen LogP contribution is -2.03. The summed E-state index contributed by atoms with van der Waals surface area (Å²) in [5, 5.41) is 5.62. The maximum absolute atomic E-state index is 13.1. The van der Waals surface area contributed by atoms with Gasteiger partial charge >= 0.3 is 5.97 Å². The molecule has 4 rings (SSSR count). The van der Waals surface area contributed by atoms with Crippen molar-refractivity contribution >= 4 is 47.3 Å². The van der Waals surface area contributed by atoms with Crippen LogP contribution in [0.4, 0.5) is 0 Å². The highest BCUT2D eigenvalue weighted by molar-refractivity contribution is 6.23. The summed E-state index contributed by atoms with van der Waals surface area (Å²) in [5.74, 6) is -0.509. The van der Waals surface area contributed by atoms with Gasteiger partial charge in [-0.1, -0.05) is 35.5 Å². The number of carbonyl (C=O) groups is 2. The number of rotatable bonds is 4. The van der Waals surface area contributed by atoms with E-state index in [0.29, 0.717) is 16.8 Å². The SMILES string of the molecule is [B]n1c2ccc(C(=O)c3ccccc3C)cc2c2cc(C(C)=NOC(C)=O)ccc21. The fraction of sp³-hybridized carbons (Fsp3) is 0.125. The van der Waals surface area contributed by atoms with Crippen molar-refractivity contribution in [2.45, 2.75) is 20.8 Å². The van der Waals surface area contributed by atoms with Crippen LogP contribution in [-0.2, 0) is 9.63 Å². The van der Waals surface area contributed by atoms with Crippen LogP contribution in [-0.4, -0.2) is 29.9 Å². The van der Waals surface area contributed by atoms with Gasteiger partial charge in [0.25, 0.3) is 0 Å². The molecule has 0 bridgehead atoms. The minimum absolute atomic E-state index is 0.0309. The van der Waals surface area contributed by atoms with Crippen molar-refractivity contribution in [1.82, 2.24) is 4.48 Å². The number of benzene rings is 3. The average molecular weight is 394 g/mol. The van der Waals surface area contributed by atoms with Gasteiger partial charge in [0.2, 0.25) is 7.98 Å². The van der Waals surface area contributed by atoms with Crippen molar-refractivity contribution in [3.8, 4) is 0 Å². The second-order valence-corrected chi connectivity index (χ2v) is 7.24. The van der Waals surface area contributed by atoms with Crippen LogP contribution >= 0.6 is 0 Å². The fourth-order valence-corrected chi connectivity index (χ4v) is 3.59. The fourth-order valence-electron chi connectivity index (χ4n) is 3.59. The minimum atomic E-state index is -0.478. The zero-order chi connectivity index (χ0) is 21.4. The molecule has 0 aliphatic heterocycles. The maximum atomic E-state index is 13.1. The van der Waals surface area contributed by atoms with Crippen LogP contribution in [0.15, 0.2) is 65.8 Å². The summed E-state index contributed by atoms with van der Waals surface area (Å²) in [5.41, 5.74) is 5.22. The summed E-state index contributed by atoms with van der Waals surface area (Å²) in [6.45, 7) is 4.99. The Bertz CT molecular complexity index is 1350. The molecule has 0 spiro atoms. The van der Waals surface area contributed by atoms with Crippen molar-refractivity contribution in [1.29, 1.82) is 0 Å². The van der Waals surface area contributed by atoms with Gasteiger partial charge < -0.3 is 9.32 Å². The van der Waals surface area contributed by atoms with E-state index in [-0.39, 0.29) is 5.78 Å². The van der Waals surface area contributed by atoms with E-state index in [1.54, 1.807) is 17.5 Å². The smallest absolute Gasteiger partial charge is 0.331 e. The highest BCUT2D eigenvalue weighted by atomic mass is 16.7. The molecule has 6 heteroatoms. The topological polar surface area (TPSA) is 60.7 Å². The molecule has 0 atom stereocenters. The number of ketones is 1. The van der Waals surface area contributed by atoms with Crippen molar-refractivity contribution in [3.05, 3.63) is 82.9 Å². The summed E-state index contributed by atoms with van der Waals surface area (Å²) in [4.78, 5) is 28.9. The maximum Gasteiger partial charge on any atom is 0.331 e. The van der Waals surface area contributed by atoms with Crippen molar-refractivity contribution in [2.24, 2.45) is 5.16 Å². The largest absolute Gasteiger partial charge is 0.397 e. The van der Waals surface area contributed by atoms with Crippen molar-refractivity contribution < 1.29 is 14.4 Å². The number of aromatic nitrogens is 1. The van der Waals surface area contributed by atoms with Crippen LogP contribution in [0.5, 0.6) is 0 Å². The quantitative estimate of drug-likeness (QED) is 0.168. The lowest BCUT2D eigenvalue weighted by atomic mass is 9.97. The van der Waals surface area contributed by atoms with Crippen LogP contribution in [0, 0.1) is 6.92 Å². The van der Waals surface area contributed by atoms with Gasteiger partial charge in [-0.05, 0) is 55.3 Å². The third-order valence-corrected chi connectivity index (χ3v) is 5.18. The van der Waals surface area contributed by atoms with E-state index in [0.717, 1.165) is 32.9 Å². The van der Waals surface area contributed by atoms with Crippen molar-refractivity contribution in [3.63, 3.8) is 0 Å². The Labute approximate surface area is 175 Å². The molecule has 0 aliphatic rings. The van der Waals surface area contributed by atoms with E-state index in [9.17, 15) is 9.59 Å². The first-order chi connectivity index (χ1) is 14.4. The molecule has 0 amide bonds. The summed E-state index contributed by atoms with van der Waals surface area (Å²) >= 11 is 0. The number of nitrogens with zero attached hydrogens (tertiary/aromatic N) is 2. The summed E-state index contributed by atoms with van der Waals surface area (Å²) in [6.07, 6.45) is 0. The molecule has 0 saturated carbocycles. The van der Waals surface area contributed by atoms with E-state index in [1.165, 1.54) is 6.92 Å². The molecule has 0 N–H and O–H groups in total. The number of fused-ring (bicyclic) bond motifs is 3. The van der Waals surface area contributed by atoms with Crippen LogP contribution in [0.2, 0.25) is 0 Å². The standard InChI is InChI=1S/C24H19BN2O3/c1-14-6-4-5-7-19(14)24(29)18-9-11-23-21(13-18)20-12-17(8-10-22(20)27(23)25)15(2)26-30-16(3)28/h4-13H,1-3H3. The van der Waals surface area contributed by atoms with Gasteiger partial charge in [0.15, 0.2) is 5.78 Å². The van der Waals surface area contributed by atoms with Crippen LogP contribution in [0.3, 0.4) is 0 Å². The number of aryl methyl sites for hydroxylation is 1. The third kappa shape index (κ3) is 3.41. The second-order valence-electron chi connectivity index (χ2n) is 7.24. The number of carbonyl (C=O) groups excluding carboxylic acids is 2. The molecule has 0 fully saturated rings. The lowest BCUT2D eigenvalue weighted by molar-refractivity contribution is -0.140. The monoisotopic (exact) mass is 394 g/mol. The van der Waals surface area contributed by atoms with Gasteiger partial charge in [-0.2, -0.15) is 0 Å². The first-order valence-corrected chi connectivity index (χ1v) is 9.53. The Kier molecular flexibility index (Phi) is 5.00. The number of oxime groups is 1. The zero-order valence-corrected chi connectivity index (χ0v) is 17.0. The average Bonchev–Trinajstić information content (AvgIpc) is 3.03. The molecule has 4 aromatic rings. The molecule has 3 aromatic carbocycles. The van der Waals surface area contributed by atoms with E-state index in [4.69, 9.17) is 12.8 Å². The highest BCUT2D eigenvalue weighted by Gasteiger charge is 2.15. The Balaban J connectivity index is 1.86. The van der Waals surface area contributed by atoms with E-state index in [1.807, 2.05) is 61.5 Å². The Hall–Kier alpha value is -3.67. The van der Waals surface area contributed by atoms with Crippen LogP contribution in [0.25, 0.3) is 21.8 Å². The molecule has 0 saturated heterocycles. The third-order valence-electron chi connectivity index (χ3n) is 5.18. The predicted octanol–water partition coefficient (Wildman–Crippen LogP) is 4.55. The molecule has 30 heavy (non-hydrogen) atoms. The first-order valence-electron chi connectivity index (χ1n) is 9.53. The second kappa shape index (κ2) is 7.63. The van der Waals surface area contributed by atoms with E-state index < -0.39 is 5.97 Å². The number of hydrogen-bond acceptors (Lipinski definition) is 4. The molecule has 1 aromatic heterocycles. The Morgan fingerprint density at radius 1 is 0.900 bits per heavy atom. The van der Waals surface area contributed by atoms with Crippen molar-refractivity contribution in [2.75, 3.05) is 0 Å². The van der Waals surface area contributed by atoms with E-state index >= 15 is 0 Å². The molecule has 146 valence electrons. The van der Waals surface area contributed by atoms with Gasteiger partial charge in [0.05, 0.1) is 5.71 Å². The van der Waals surface area contributed by atoms with Gasteiger partial charge in [0.1, 0.15) is 0 Å². The van der Waals surface area contributed by atoms with Gasteiger partial charge in [-0.25, -0.2) is 4.79 Å². The molecular weight excluding hydrogens is 375 g/mol. The summed E-state index contributed by atoms with van der Waals surface area (Å²) < 4.78 is 1.61. The minimum Gasteiger partial charge on any atom is -0.397 e. The van der Waals surface area contributed by atoms with Crippen LogP contribution < -0.4 is 0 Å². The summed E-state index contributed by atoms with van der Waals surface area (Å²) in [7, 11) is 6.29. The Morgan fingerprint density at radius 2 is 1.50 bits per heavy atom. The zero-order valence-electron chi connectivity index (χ0n) is 17.0. The molecule has 5 nitrogen and oxygen atoms in total. The lowest BCUT2D eigenvalue weighted by Gasteiger charge is -2.05. The molecule has 1 heterocycles.